The lowest BCUT2D eigenvalue weighted by Crippen LogP contribution is -2.19. The monoisotopic (exact) mass is 287 g/mol. The van der Waals surface area contributed by atoms with Crippen LogP contribution in [0.4, 0.5) is 5.69 Å². The van der Waals surface area contributed by atoms with Crippen molar-refractivity contribution in [1.29, 1.82) is 0 Å². The van der Waals surface area contributed by atoms with Crippen LogP contribution in [0.5, 0.6) is 11.5 Å². The molecule has 4 atom stereocenters. The minimum atomic E-state index is 0.171. The second kappa shape index (κ2) is 4.65. The van der Waals surface area contributed by atoms with Gasteiger partial charge in [0.2, 0.25) is 5.91 Å². The largest absolute Gasteiger partial charge is 0.497 e. The van der Waals surface area contributed by atoms with E-state index in [4.69, 9.17) is 9.47 Å². The molecule has 3 aliphatic carbocycles. The molecule has 1 amide bonds. The van der Waals surface area contributed by atoms with Gasteiger partial charge in [0.25, 0.3) is 0 Å². The number of carbonyl (C=O) groups excluding carboxylic acids is 1. The van der Waals surface area contributed by atoms with Gasteiger partial charge in [-0.15, -0.1) is 0 Å². The van der Waals surface area contributed by atoms with E-state index in [1.165, 1.54) is 19.3 Å². The van der Waals surface area contributed by atoms with E-state index in [1.54, 1.807) is 20.3 Å². The third kappa shape index (κ3) is 1.92. The molecule has 0 heterocycles. The molecule has 0 aliphatic heterocycles. The zero-order valence-electron chi connectivity index (χ0n) is 12.5. The smallest absolute Gasteiger partial charge is 0.228 e. The van der Waals surface area contributed by atoms with Gasteiger partial charge in [-0.25, -0.2) is 0 Å². The molecular formula is C17H21NO3. The van der Waals surface area contributed by atoms with Crippen LogP contribution in [0.25, 0.3) is 0 Å². The van der Waals surface area contributed by atoms with Gasteiger partial charge in [0, 0.05) is 12.0 Å². The fourth-order valence-electron chi connectivity index (χ4n) is 4.79. The van der Waals surface area contributed by atoms with E-state index in [9.17, 15) is 4.79 Å². The molecule has 3 saturated carbocycles. The Kier molecular flexibility index (Phi) is 2.88. The first-order chi connectivity index (χ1) is 10.2. The van der Waals surface area contributed by atoms with Crippen molar-refractivity contribution >= 4 is 11.6 Å². The van der Waals surface area contributed by atoms with Gasteiger partial charge in [-0.05, 0) is 55.1 Å². The van der Waals surface area contributed by atoms with Crippen LogP contribution in [0, 0.1) is 29.6 Å². The third-order valence-electron chi connectivity index (χ3n) is 5.70. The highest BCUT2D eigenvalue weighted by Gasteiger charge is 2.67. The minimum absolute atomic E-state index is 0.171. The van der Waals surface area contributed by atoms with Crippen LogP contribution < -0.4 is 14.8 Å². The first-order valence-corrected chi connectivity index (χ1v) is 7.76. The first-order valence-electron chi connectivity index (χ1n) is 7.76. The van der Waals surface area contributed by atoms with Crippen molar-refractivity contribution < 1.29 is 14.3 Å². The van der Waals surface area contributed by atoms with Crippen molar-refractivity contribution in [3.05, 3.63) is 18.2 Å². The van der Waals surface area contributed by atoms with Crippen LogP contribution in [0.2, 0.25) is 0 Å². The predicted octanol–water partition coefficient (Wildman–Crippen LogP) is 2.93. The van der Waals surface area contributed by atoms with Crippen molar-refractivity contribution in [3.8, 4) is 11.5 Å². The normalized spacial score (nSPS) is 35.2. The first kappa shape index (κ1) is 13.0. The maximum Gasteiger partial charge on any atom is 0.228 e. The minimum Gasteiger partial charge on any atom is -0.497 e. The summed E-state index contributed by atoms with van der Waals surface area (Å²) in [5.74, 6) is 4.74. The van der Waals surface area contributed by atoms with E-state index < -0.39 is 0 Å². The number of methoxy groups -OCH3 is 2. The van der Waals surface area contributed by atoms with Crippen LogP contribution in [0.1, 0.15) is 19.3 Å². The number of fused-ring (bicyclic) bond motifs is 5. The molecule has 0 radical (unpaired) electrons. The van der Waals surface area contributed by atoms with Crippen molar-refractivity contribution in [2.45, 2.75) is 19.3 Å². The van der Waals surface area contributed by atoms with Crippen molar-refractivity contribution in [2.24, 2.45) is 29.6 Å². The van der Waals surface area contributed by atoms with Gasteiger partial charge in [0.05, 0.1) is 19.9 Å². The molecule has 1 aromatic carbocycles. The zero-order chi connectivity index (χ0) is 14.6. The molecule has 3 fully saturated rings. The number of ether oxygens (including phenoxy) is 2. The maximum absolute atomic E-state index is 12.5. The number of carbonyl (C=O) groups is 1. The average Bonchev–Trinajstić information content (AvgIpc) is 2.96. The summed E-state index contributed by atoms with van der Waals surface area (Å²) in [7, 11) is 3.23. The van der Waals surface area contributed by atoms with Gasteiger partial charge in [-0.2, -0.15) is 0 Å². The Morgan fingerprint density at radius 3 is 2.48 bits per heavy atom. The van der Waals surface area contributed by atoms with Gasteiger partial charge in [-0.1, -0.05) is 0 Å². The molecule has 21 heavy (non-hydrogen) atoms. The lowest BCUT2D eigenvalue weighted by molar-refractivity contribution is -0.118. The zero-order valence-corrected chi connectivity index (χ0v) is 12.5. The van der Waals surface area contributed by atoms with Crippen LogP contribution in [0.15, 0.2) is 18.2 Å². The lowest BCUT2D eigenvalue weighted by atomic mass is 10.0. The number of hydrogen-bond acceptors (Lipinski definition) is 3. The fraction of sp³-hybridized carbons (Fsp3) is 0.588. The SMILES string of the molecule is COc1ccc(NC(=O)C2[C@@H]3[C@H]4CC[C@@H](C4)[C@@H]23)c(OC)c1. The second-order valence-corrected chi connectivity index (χ2v) is 6.57. The molecule has 0 saturated heterocycles. The molecule has 2 bridgehead atoms. The standard InChI is InChI=1S/C17H21NO3/c1-20-11-5-6-12(13(8-11)21-2)18-17(19)16-14-9-3-4-10(7-9)15(14)16/h5-6,8-10,14-16H,3-4,7H2,1-2H3,(H,18,19)/t9-,10-,14+,15+/m0/s1. The third-order valence-corrected chi connectivity index (χ3v) is 5.70. The van der Waals surface area contributed by atoms with Gasteiger partial charge in [-0.3, -0.25) is 4.79 Å². The topological polar surface area (TPSA) is 47.6 Å². The fourth-order valence-corrected chi connectivity index (χ4v) is 4.79. The lowest BCUT2D eigenvalue weighted by Gasteiger charge is -2.13. The number of hydrogen-bond donors (Lipinski definition) is 1. The van der Waals surface area contributed by atoms with Gasteiger partial charge in [0.1, 0.15) is 11.5 Å². The number of nitrogens with one attached hydrogen (secondary N) is 1. The van der Waals surface area contributed by atoms with Gasteiger partial charge >= 0.3 is 0 Å². The molecule has 0 unspecified atom stereocenters. The Balaban J connectivity index is 1.48. The number of amides is 1. The van der Waals surface area contributed by atoms with Crippen molar-refractivity contribution in [1.82, 2.24) is 0 Å². The van der Waals surface area contributed by atoms with Crippen LogP contribution >= 0.6 is 0 Å². The van der Waals surface area contributed by atoms with Crippen LogP contribution in [-0.4, -0.2) is 20.1 Å². The molecule has 4 nitrogen and oxygen atoms in total. The van der Waals surface area contributed by atoms with E-state index in [0.29, 0.717) is 17.6 Å². The molecule has 1 N–H and O–H groups in total. The van der Waals surface area contributed by atoms with Crippen molar-refractivity contribution in [2.75, 3.05) is 19.5 Å². The van der Waals surface area contributed by atoms with Crippen LogP contribution in [0.3, 0.4) is 0 Å². The summed E-state index contributed by atoms with van der Waals surface area (Å²) < 4.78 is 10.5. The van der Waals surface area contributed by atoms with E-state index in [2.05, 4.69) is 5.32 Å². The van der Waals surface area contributed by atoms with E-state index in [0.717, 1.165) is 23.3 Å². The molecule has 4 heteroatoms. The van der Waals surface area contributed by atoms with E-state index >= 15 is 0 Å². The summed E-state index contributed by atoms with van der Waals surface area (Å²) in [4.78, 5) is 12.5. The molecule has 1 aromatic rings. The molecular weight excluding hydrogens is 266 g/mol. The summed E-state index contributed by atoms with van der Waals surface area (Å²) in [5.41, 5.74) is 0.737. The quantitative estimate of drug-likeness (QED) is 0.926. The van der Waals surface area contributed by atoms with Crippen molar-refractivity contribution in [3.63, 3.8) is 0 Å². The van der Waals surface area contributed by atoms with E-state index in [-0.39, 0.29) is 11.8 Å². The Morgan fingerprint density at radius 2 is 1.86 bits per heavy atom. The van der Waals surface area contributed by atoms with Gasteiger partial charge in [0.15, 0.2) is 0 Å². The Hall–Kier alpha value is -1.71. The molecule has 0 spiro atoms. The summed E-state index contributed by atoms with van der Waals surface area (Å²) in [6, 6.07) is 5.49. The average molecular weight is 287 g/mol. The summed E-state index contributed by atoms with van der Waals surface area (Å²) in [6.45, 7) is 0. The highest BCUT2D eigenvalue weighted by molar-refractivity contribution is 5.96. The highest BCUT2D eigenvalue weighted by atomic mass is 16.5. The highest BCUT2D eigenvalue weighted by Crippen LogP contribution is 2.69. The van der Waals surface area contributed by atoms with E-state index in [1.807, 2.05) is 12.1 Å². The second-order valence-electron chi connectivity index (χ2n) is 6.57. The Bertz CT molecular complexity index is 569. The number of rotatable bonds is 4. The molecule has 112 valence electrons. The Morgan fingerprint density at radius 1 is 1.14 bits per heavy atom. The molecule has 0 aromatic heterocycles. The molecule has 3 aliphatic rings. The summed E-state index contributed by atoms with van der Waals surface area (Å²) in [5, 5.41) is 3.05. The number of anilines is 1. The van der Waals surface area contributed by atoms with Crippen LogP contribution in [-0.2, 0) is 4.79 Å². The Labute approximate surface area is 124 Å². The van der Waals surface area contributed by atoms with Gasteiger partial charge < -0.3 is 14.8 Å². The maximum atomic E-state index is 12.5. The summed E-state index contributed by atoms with van der Waals surface area (Å²) in [6.07, 6.45) is 4.04. The molecule has 4 rings (SSSR count). The number of benzene rings is 1. The predicted molar refractivity (Wildman–Crippen MR) is 79.5 cm³/mol. The summed E-state index contributed by atoms with van der Waals surface area (Å²) >= 11 is 0.